The summed E-state index contributed by atoms with van der Waals surface area (Å²) in [5.74, 6) is 1.52. The van der Waals surface area contributed by atoms with Crippen molar-refractivity contribution in [3.8, 4) is 11.5 Å². The summed E-state index contributed by atoms with van der Waals surface area (Å²) in [6.45, 7) is 5.65. The number of aryl methyl sites for hydroxylation is 1. The van der Waals surface area contributed by atoms with Gasteiger partial charge in [0, 0.05) is 55.0 Å². The second-order valence-corrected chi connectivity index (χ2v) is 7.83. The summed E-state index contributed by atoms with van der Waals surface area (Å²) in [5.41, 5.74) is 3.44. The van der Waals surface area contributed by atoms with E-state index in [1.807, 2.05) is 18.3 Å². The number of benzene rings is 2. The van der Waals surface area contributed by atoms with Crippen LogP contribution in [0.25, 0.3) is 10.9 Å². The number of unbranched alkanes of at least 4 members (excludes halogenated alkanes) is 1. The van der Waals surface area contributed by atoms with Gasteiger partial charge in [-0.15, -0.1) is 0 Å². The van der Waals surface area contributed by atoms with E-state index in [1.165, 1.54) is 17.3 Å². The zero-order valence-corrected chi connectivity index (χ0v) is 16.5. The van der Waals surface area contributed by atoms with Gasteiger partial charge < -0.3 is 19.4 Å². The van der Waals surface area contributed by atoms with Gasteiger partial charge in [-0.1, -0.05) is 0 Å². The average Bonchev–Trinajstić information content (AvgIpc) is 3.38. The molecule has 2 aliphatic heterocycles. The molecule has 0 spiro atoms. The number of hydrogen-bond acceptors (Lipinski definition) is 4. The SMILES string of the molecule is Fc1ccc2[nH]cc(CCCCN3CCN(c4ccc5c(c4)OCO5)CC3)c2c1. The first kappa shape index (κ1) is 18.3. The van der Waals surface area contributed by atoms with Gasteiger partial charge in [0.05, 0.1) is 0 Å². The molecule has 1 fully saturated rings. The Morgan fingerprint density at radius 2 is 1.79 bits per heavy atom. The smallest absolute Gasteiger partial charge is 0.231 e. The van der Waals surface area contributed by atoms with Crippen LogP contribution in [0.15, 0.2) is 42.6 Å². The standard InChI is InChI=1S/C23H26FN3O2/c24-18-4-6-21-20(13-18)17(15-25-21)3-1-2-8-26-9-11-27(12-10-26)19-5-7-22-23(14-19)29-16-28-22/h4-7,13-15,25H,1-3,8-12,16H2. The molecule has 1 N–H and O–H groups in total. The summed E-state index contributed by atoms with van der Waals surface area (Å²) in [6.07, 6.45) is 5.28. The highest BCUT2D eigenvalue weighted by Gasteiger charge is 2.20. The van der Waals surface area contributed by atoms with Crippen LogP contribution in [-0.4, -0.2) is 49.4 Å². The number of fused-ring (bicyclic) bond motifs is 2. The van der Waals surface area contributed by atoms with Crippen LogP contribution in [0.1, 0.15) is 18.4 Å². The number of anilines is 1. The minimum Gasteiger partial charge on any atom is -0.454 e. The van der Waals surface area contributed by atoms with E-state index in [2.05, 4.69) is 26.9 Å². The van der Waals surface area contributed by atoms with Gasteiger partial charge in [0.25, 0.3) is 0 Å². The van der Waals surface area contributed by atoms with Crippen LogP contribution < -0.4 is 14.4 Å². The fourth-order valence-corrected chi connectivity index (χ4v) is 4.32. The van der Waals surface area contributed by atoms with Gasteiger partial charge in [-0.25, -0.2) is 4.39 Å². The fourth-order valence-electron chi connectivity index (χ4n) is 4.32. The number of aromatic amines is 1. The van der Waals surface area contributed by atoms with Gasteiger partial charge in [-0.2, -0.15) is 0 Å². The molecule has 0 bridgehead atoms. The van der Waals surface area contributed by atoms with Crippen LogP contribution in [0.3, 0.4) is 0 Å². The van der Waals surface area contributed by atoms with Gasteiger partial charge in [-0.3, -0.25) is 4.90 Å². The van der Waals surface area contributed by atoms with Crippen LogP contribution in [0, 0.1) is 5.82 Å². The van der Waals surface area contributed by atoms with E-state index in [4.69, 9.17) is 9.47 Å². The van der Waals surface area contributed by atoms with Crippen molar-refractivity contribution >= 4 is 16.6 Å². The quantitative estimate of drug-likeness (QED) is 0.636. The van der Waals surface area contributed by atoms with E-state index in [-0.39, 0.29) is 5.82 Å². The number of hydrogen-bond donors (Lipinski definition) is 1. The molecule has 29 heavy (non-hydrogen) atoms. The topological polar surface area (TPSA) is 40.7 Å². The average molecular weight is 395 g/mol. The molecule has 0 saturated carbocycles. The molecule has 2 aromatic carbocycles. The van der Waals surface area contributed by atoms with Gasteiger partial charge >= 0.3 is 0 Å². The van der Waals surface area contributed by atoms with Crippen molar-refractivity contribution in [1.82, 2.24) is 9.88 Å². The van der Waals surface area contributed by atoms with Crippen LogP contribution in [-0.2, 0) is 6.42 Å². The lowest BCUT2D eigenvalue weighted by atomic mass is 10.1. The minimum atomic E-state index is -0.168. The zero-order valence-electron chi connectivity index (χ0n) is 16.5. The normalized spacial score (nSPS) is 16.7. The second kappa shape index (κ2) is 7.95. The number of H-pyrrole nitrogens is 1. The third-order valence-corrected chi connectivity index (χ3v) is 5.99. The van der Waals surface area contributed by atoms with E-state index in [0.717, 1.165) is 74.4 Å². The Morgan fingerprint density at radius 1 is 0.931 bits per heavy atom. The third kappa shape index (κ3) is 3.90. The minimum absolute atomic E-state index is 0.168. The molecule has 152 valence electrons. The lowest BCUT2D eigenvalue weighted by Gasteiger charge is -2.36. The first-order chi connectivity index (χ1) is 14.3. The van der Waals surface area contributed by atoms with Crippen molar-refractivity contribution in [3.63, 3.8) is 0 Å². The Morgan fingerprint density at radius 3 is 2.69 bits per heavy atom. The molecule has 0 radical (unpaired) electrons. The highest BCUT2D eigenvalue weighted by Crippen LogP contribution is 2.35. The van der Waals surface area contributed by atoms with E-state index in [0.29, 0.717) is 6.79 Å². The Bertz CT molecular complexity index is 995. The number of nitrogens with one attached hydrogen (secondary N) is 1. The fraction of sp³-hybridized carbons (Fsp3) is 0.391. The predicted octanol–water partition coefficient (Wildman–Crippen LogP) is 4.18. The molecule has 1 aromatic heterocycles. The Balaban J connectivity index is 1.08. The van der Waals surface area contributed by atoms with Crippen LogP contribution in [0.4, 0.5) is 10.1 Å². The highest BCUT2D eigenvalue weighted by atomic mass is 19.1. The Kier molecular flexibility index (Phi) is 5.02. The van der Waals surface area contributed by atoms with E-state index in [1.54, 1.807) is 6.07 Å². The summed E-state index contributed by atoms with van der Waals surface area (Å²) < 4.78 is 24.4. The van der Waals surface area contributed by atoms with Crippen LogP contribution in [0.5, 0.6) is 11.5 Å². The predicted molar refractivity (Wildman–Crippen MR) is 112 cm³/mol. The van der Waals surface area contributed by atoms with E-state index in [9.17, 15) is 4.39 Å². The molecule has 6 heteroatoms. The maximum absolute atomic E-state index is 13.5. The van der Waals surface area contributed by atoms with Crippen molar-refractivity contribution < 1.29 is 13.9 Å². The molecular weight excluding hydrogens is 369 g/mol. The summed E-state index contributed by atoms with van der Waals surface area (Å²) in [4.78, 5) is 8.20. The molecule has 0 aliphatic carbocycles. The zero-order chi connectivity index (χ0) is 19.6. The first-order valence-corrected chi connectivity index (χ1v) is 10.4. The molecule has 0 unspecified atom stereocenters. The largest absolute Gasteiger partial charge is 0.454 e. The van der Waals surface area contributed by atoms with Gasteiger partial charge in [0.2, 0.25) is 6.79 Å². The maximum atomic E-state index is 13.5. The Labute approximate surface area is 170 Å². The number of ether oxygens (including phenoxy) is 2. The van der Waals surface area contributed by atoms with Crippen molar-refractivity contribution in [2.75, 3.05) is 44.4 Å². The van der Waals surface area contributed by atoms with Crippen molar-refractivity contribution in [2.45, 2.75) is 19.3 Å². The molecular formula is C23H26FN3O2. The number of rotatable bonds is 6. The van der Waals surface area contributed by atoms with Gasteiger partial charge in [0.15, 0.2) is 11.5 Å². The summed E-state index contributed by atoms with van der Waals surface area (Å²) in [5, 5.41) is 1.02. The monoisotopic (exact) mass is 395 g/mol. The number of nitrogens with zero attached hydrogens (tertiary/aromatic N) is 2. The lowest BCUT2D eigenvalue weighted by Crippen LogP contribution is -2.46. The van der Waals surface area contributed by atoms with Gasteiger partial charge in [0.1, 0.15) is 5.82 Å². The van der Waals surface area contributed by atoms with Crippen molar-refractivity contribution in [3.05, 3.63) is 54.0 Å². The number of halogens is 1. The number of aromatic nitrogens is 1. The molecule has 3 aromatic rings. The Hall–Kier alpha value is -2.73. The molecule has 1 saturated heterocycles. The maximum Gasteiger partial charge on any atom is 0.231 e. The van der Waals surface area contributed by atoms with Gasteiger partial charge in [-0.05, 0) is 61.7 Å². The summed E-state index contributed by atoms with van der Waals surface area (Å²) in [7, 11) is 0. The highest BCUT2D eigenvalue weighted by molar-refractivity contribution is 5.83. The lowest BCUT2D eigenvalue weighted by molar-refractivity contribution is 0.174. The molecule has 5 nitrogen and oxygen atoms in total. The van der Waals surface area contributed by atoms with E-state index < -0.39 is 0 Å². The first-order valence-electron chi connectivity index (χ1n) is 10.4. The number of piperazine rings is 1. The second-order valence-electron chi connectivity index (χ2n) is 7.83. The van der Waals surface area contributed by atoms with Crippen LogP contribution >= 0.6 is 0 Å². The molecule has 0 amide bonds. The van der Waals surface area contributed by atoms with Crippen molar-refractivity contribution in [2.24, 2.45) is 0 Å². The third-order valence-electron chi connectivity index (χ3n) is 5.99. The van der Waals surface area contributed by atoms with E-state index >= 15 is 0 Å². The summed E-state index contributed by atoms with van der Waals surface area (Å²) in [6, 6.07) is 11.2. The molecule has 0 atom stereocenters. The summed E-state index contributed by atoms with van der Waals surface area (Å²) >= 11 is 0. The molecule has 5 rings (SSSR count). The van der Waals surface area contributed by atoms with Crippen LogP contribution in [0.2, 0.25) is 0 Å². The molecule has 3 heterocycles. The van der Waals surface area contributed by atoms with Crippen molar-refractivity contribution in [1.29, 1.82) is 0 Å². The molecule has 2 aliphatic rings.